The Bertz CT molecular complexity index is 471. The maximum absolute atomic E-state index is 5.38. The molecular weight excluding hydrogens is 266 g/mol. The number of rotatable bonds is 3. The van der Waals surface area contributed by atoms with Crippen molar-refractivity contribution in [1.82, 2.24) is 14.8 Å². The highest BCUT2D eigenvalue weighted by Gasteiger charge is 2.12. The van der Waals surface area contributed by atoms with Crippen molar-refractivity contribution in [2.75, 3.05) is 59.4 Å². The van der Waals surface area contributed by atoms with Crippen LogP contribution < -0.4 is 4.90 Å². The molecule has 0 aromatic carbocycles. The summed E-state index contributed by atoms with van der Waals surface area (Å²) in [4.78, 5) is 15.6. The van der Waals surface area contributed by atoms with Gasteiger partial charge in [-0.25, -0.2) is 9.98 Å². The van der Waals surface area contributed by atoms with Gasteiger partial charge in [-0.2, -0.15) is 0 Å². The Balaban J connectivity index is 2.08. The van der Waals surface area contributed by atoms with E-state index in [4.69, 9.17) is 9.72 Å². The van der Waals surface area contributed by atoms with Crippen LogP contribution in [0.1, 0.15) is 5.69 Å². The molecule has 0 saturated carbocycles. The Morgan fingerprint density at radius 2 is 1.86 bits per heavy atom. The second-order valence-corrected chi connectivity index (χ2v) is 5.49. The molecule has 6 heteroatoms. The molecule has 2 heterocycles. The van der Waals surface area contributed by atoms with Crippen LogP contribution in [0.3, 0.4) is 0 Å². The third-order valence-corrected chi connectivity index (χ3v) is 3.31. The quantitative estimate of drug-likeness (QED) is 0.611. The first kappa shape index (κ1) is 15.6. The molecule has 0 bridgehead atoms. The average molecular weight is 291 g/mol. The lowest BCUT2D eigenvalue weighted by molar-refractivity contribution is 0.122. The highest BCUT2D eigenvalue weighted by Crippen LogP contribution is 2.13. The molecule has 0 amide bonds. The molecule has 2 rings (SSSR count). The van der Waals surface area contributed by atoms with Crippen LogP contribution in [0.15, 0.2) is 23.2 Å². The van der Waals surface area contributed by atoms with Crippen LogP contribution in [0.2, 0.25) is 0 Å². The van der Waals surface area contributed by atoms with Crippen molar-refractivity contribution in [3.05, 3.63) is 23.9 Å². The Morgan fingerprint density at radius 1 is 1.19 bits per heavy atom. The monoisotopic (exact) mass is 291 g/mol. The lowest BCUT2D eigenvalue weighted by Gasteiger charge is -2.28. The number of aliphatic imine (C=N–C) groups is 1. The summed E-state index contributed by atoms with van der Waals surface area (Å²) in [5, 5.41) is 0. The van der Waals surface area contributed by atoms with E-state index >= 15 is 0 Å². The summed E-state index contributed by atoms with van der Waals surface area (Å²) in [5.74, 6) is 1.95. The van der Waals surface area contributed by atoms with Gasteiger partial charge in [0.1, 0.15) is 5.82 Å². The van der Waals surface area contributed by atoms with Gasteiger partial charge in [0.2, 0.25) is 0 Å². The van der Waals surface area contributed by atoms with Gasteiger partial charge in [-0.05, 0) is 12.1 Å². The maximum Gasteiger partial charge on any atom is 0.195 e. The van der Waals surface area contributed by atoms with Crippen LogP contribution in [-0.2, 0) is 11.3 Å². The second-order valence-electron chi connectivity index (χ2n) is 5.49. The number of pyridine rings is 1. The highest BCUT2D eigenvalue weighted by atomic mass is 16.5. The van der Waals surface area contributed by atoms with Crippen LogP contribution in [0.5, 0.6) is 0 Å². The first-order valence-electron chi connectivity index (χ1n) is 7.25. The molecule has 0 aliphatic carbocycles. The van der Waals surface area contributed by atoms with Gasteiger partial charge in [-0.15, -0.1) is 0 Å². The smallest absolute Gasteiger partial charge is 0.195 e. The van der Waals surface area contributed by atoms with Gasteiger partial charge in [0, 0.05) is 41.3 Å². The van der Waals surface area contributed by atoms with Crippen molar-refractivity contribution in [3.8, 4) is 0 Å². The zero-order chi connectivity index (χ0) is 15.2. The number of nitrogens with zero attached hydrogens (tertiary/aromatic N) is 5. The molecule has 1 saturated heterocycles. The SMILES string of the molecule is CN(C)C(=NCc1cccc(N2CCOCC2)n1)N(C)C. The summed E-state index contributed by atoms with van der Waals surface area (Å²) >= 11 is 0. The third kappa shape index (κ3) is 4.32. The van der Waals surface area contributed by atoms with Gasteiger partial charge in [0.05, 0.1) is 25.5 Å². The van der Waals surface area contributed by atoms with Crippen molar-refractivity contribution < 1.29 is 4.74 Å². The van der Waals surface area contributed by atoms with Crippen molar-refractivity contribution in [1.29, 1.82) is 0 Å². The summed E-state index contributed by atoms with van der Waals surface area (Å²) in [6.07, 6.45) is 0. The summed E-state index contributed by atoms with van der Waals surface area (Å²) < 4.78 is 5.38. The molecule has 1 fully saturated rings. The lowest BCUT2D eigenvalue weighted by atomic mass is 10.3. The summed E-state index contributed by atoms with van der Waals surface area (Å²) in [6, 6.07) is 6.13. The van der Waals surface area contributed by atoms with Crippen LogP contribution in [-0.4, -0.2) is 75.2 Å². The van der Waals surface area contributed by atoms with Crippen molar-refractivity contribution in [2.24, 2.45) is 4.99 Å². The number of hydrogen-bond donors (Lipinski definition) is 0. The Morgan fingerprint density at radius 3 is 2.48 bits per heavy atom. The van der Waals surface area contributed by atoms with E-state index in [0.717, 1.165) is 43.8 Å². The molecular formula is C15H25N5O. The van der Waals surface area contributed by atoms with Gasteiger partial charge in [-0.3, -0.25) is 0 Å². The Labute approximate surface area is 127 Å². The van der Waals surface area contributed by atoms with E-state index in [9.17, 15) is 0 Å². The molecule has 1 aliphatic heterocycles. The molecule has 6 nitrogen and oxygen atoms in total. The van der Waals surface area contributed by atoms with E-state index in [1.54, 1.807) is 0 Å². The lowest BCUT2D eigenvalue weighted by Crippen LogP contribution is -2.37. The predicted molar refractivity (Wildman–Crippen MR) is 85.8 cm³/mol. The molecule has 116 valence electrons. The molecule has 0 unspecified atom stereocenters. The minimum Gasteiger partial charge on any atom is -0.378 e. The fourth-order valence-electron chi connectivity index (χ4n) is 2.36. The van der Waals surface area contributed by atoms with Gasteiger partial charge in [0.15, 0.2) is 5.96 Å². The van der Waals surface area contributed by atoms with E-state index in [1.807, 2.05) is 50.1 Å². The van der Waals surface area contributed by atoms with Crippen molar-refractivity contribution in [3.63, 3.8) is 0 Å². The Hall–Kier alpha value is -1.82. The van der Waals surface area contributed by atoms with Crippen LogP contribution >= 0.6 is 0 Å². The topological polar surface area (TPSA) is 44.2 Å². The fourth-order valence-corrected chi connectivity index (χ4v) is 2.36. The molecule has 1 aliphatic rings. The highest BCUT2D eigenvalue weighted by molar-refractivity contribution is 5.79. The zero-order valence-corrected chi connectivity index (χ0v) is 13.4. The predicted octanol–water partition coefficient (Wildman–Crippen LogP) is 0.897. The van der Waals surface area contributed by atoms with Gasteiger partial charge >= 0.3 is 0 Å². The normalized spacial score (nSPS) is 14.8. The molecule has 0 N–H and O–H groups in total. The summed E-state index contributed by atoms with van der Waals surface area (Å²) in [6.45, 7) is 3.94. The van der Waals surface area contributed by atoms with E-state index in [2.05, 4.69) is 16.0 Å². The number of guanidine groups is 1. The second kappa shape index (κ2) is 7.26. The van der Waals surface area contributed by atoms with Gasteiger partial charge in [0.25, 0.3) is 0 Å². The molecule has 1 aromatic rings. The molecule has 0 radical (unpaired) electrons. The number of aromatic nitrogens is 1. The van der Waals surface area contributed by atoms with Crippen molar-refractivity contribution in [2.45, 2.75) is 6.54 Å². The zero-order valence-electron chi connectivity index (χ0n) is 13.4. The third-order valence-electron chi connectivity index (χ3n) is 3.31. The summed E-state index contributed by atoms with van der Waals surface area (Å²) in [5.41, 5.74) is 0.986. The number of anilines is 1. The van der Waals surface area contributed by atoms with E-state index in [1.165, 1.54) is 0 Å². The fraction of sp³-hybridized carbons (Fsp3) is 0.600. The molecule has 21 heavy (non-hydrogen) atoms. The molecule has 1 aromatic heterocycles. The van der Waals surface area contributed by atoms with Gasteiger partial charge in [-0.1, -0.05) is 6.07 Å². The van der Waals surface area contributed by atoms with Gasteiger partial charge < -0.3 is 19.4 Å². The standard InChI is InChI=1S/C15H25N5O/c1-18(2)15(19(3)4)16-12-13-6-5-7-14(17-13)20-8-10-21-11-9-20/h5-7H,8-12H2,1-4H3. The maximum atomic E-state index is 5.38. The number of hydrogen-bond acceptors (Lipinski definition) is 4. The molecule has 0 spiro atoms. The minimum absolute atomic E-state index is 0.587. The first-order valence-corrected chi connectivity index (χ1v) is 7.25. The van der Waals surface area contributed by atoms with Crippen LogP contribution in [0.25, 0.3) is 0 Å². The average Bonchev–Trinajstić information content (AvgIpc) is 2.48. The number of ether oxygens (including phenoxy) is 1. The van der Waals surface area contributed by atoms with E-state index in [-0.39, 0.29) is 0 Å². The molecule has 0 atom stereocenters. The van der Waals surface area contributed by atoms with E-state index < -0.39 is 0 Å². The Kier molecular flexibility index (Phi) is 5.38. The largest absolute Gasteiger partial charge is 0.378 e. The summed E-state index contributed by atoms with van der Waals surface area (Å²) in [7, 11) is 7.99. The van der Waals surface area contributed by atoms with Crippen LogP contribution in [0, 0.1) is 0 Å². The first-order chi connectivity index (χ1) is 10.1. The van der Waals surface area contributed by atoms with E-state index in [0.29, 0.717) is 6.54 Å². The van der Waals surface area contributed by atoms with Crippen LogP contribution in [0.4, 0.5) is 5.82 Å². The number of morpholine rings is 1. The minimum atomic E-state index is 0.587. The van der Waals surface area contributed by atoms with Crippen molar-refractivity contribution >= 4 is 11.8 Å².